The van der Waals surface area contributed by atoms with Crippen molar-refractivity contribution >= 4 is 22.6 Å². The number of pyridine rings is 1. The maximum absolute atomic E-state index is 5.93. The first kappa shape index (κ1) is 8.38. The summed E-state index contributed by atoms with van der Waals surface area (Å²) in [6, 6.07) is 3.77. The van der Waals surface area contributed by atoms with Gasteiger partial charge in [-0.05, 0) is 12.1 Å². The van der Waals surface area contributed by atoms with Crippen LogP contribution in [0.1, 0.15) is 0 Å². The summed E-state index contributed by atoms with van der Waals surface area (Å²) in [4.78, 5) is 4.24. The molecule has 0 spiro atoms. The third-order valence-corrected chi connectivity index (χ3v) is 2.25. The molecule has 0 unspecified atom stereocenters. The number of fused-ring (bicyclic) bond motifs is 1. The lowest BCUT2D eigenvalue weighted by Gasteiger charge is -2.02. The lowest BCUT2D eigenvalue weighted by atomic mass is 10.4. The molecular weight excluding hydrogens is 188 g/mol. The largest absolute Gasteiger partial charge is 0.480 e. The predicted molar refractivity (Wildman–Crippen MR) is 52.3 cm³/mol. The van der Waals surface area contributed by atoms with Crippen LogP contribution in [0.2, 0.25) is 5.02 Å². The summed E-state index contributed by atoms with van der Waals surface area (Å²) < 4.78 is 6.98. The summed E-state index contributed by atoms with van der Waals surface area (Å²) in [6.07, 6.45) is 1.94. The highest BCUT2D eigenvalue weighted by atomic mass is 35.5. The third-order valence-electron chi connectivity index (χ3n) is 1.98. The Morgan fingerprint density at radius 3 is 3.00 bits per heavy atom. The van der Waals surface area contributed by atoms with Gasteiger partial charge < -0.3 is 9.30 Å². The van der Waals surface area contributed by atoms with Gasteiger partial charge in [0.25, 0.3) is 0 Å². The van der Waals surface area contributed by atoms with Crippen molar-refractivity contribution in [2.24, 2.45) is 7.05 Å². The summed E-state index contributed by atoms with van der Waals surface area (Å²) in [6.45, 7) is 0. The Balaban J connectivity index is 2.76. The van der Waals surface area contributed by atoms with Crippen molar-refractivity contribution in [3.8, 4) is 5.88 Å². The molecule has 0 aliphatic heterocycles. The van der Waals surface area contributed by atoms with E-state index in [9.17, 15) is 0 Å². The highest BCUT2D eigenvalue weighted by molar-refractivity contribution is 6.32. The zero-order valence-corrected chi connectivity index (χ0v) is 8.17. The van der Waals surface area contributed by atoms with Gasteiger partial charge in [0.05, 0.1) is 18.1 Å². The molecule has 0 radical (unpaired) electrons. The topological polar surface area (TPSA) is 27.1 Å². The highest BCUT2D eigenvalue weighted by Gasteiger charge is 2.06. The van der Waals surface area contributed by atoms with E-state index in [4.69, 9.17) is 16.3 Å². The lowest BCUT2D eigenvalue weighted by molar-refractivity contribution is 0.400. The van der Waals surface area contributed by atoms with E-state index in [0.29, 0.717) is 10.9 Å². The SMILES string of the molecule is COc1nc2ccn(C)c2cc1Cl. The first-order valence-corrected chi connectivity index (χ1v) is 4.25. The normalized spacial score (nSPS) is 10.7. The molecule has 2 aromatic rings. The minimum absolute atomic E-state index is 0.473. The zero-order valence-electron chi connectivity index (χ0n) is 7.41. The van der Waals surface area contributed by atoms with E-state index in [1.54, 1.807) is 7.11 Å². The van der Waals surface area contributed by atoms with E-state index in [1.165, 1.54) is 0 Å². The van der Waals surface area contributed by atoms with Gasteiger partial charge in [-0.25, -0.2) is 4.98 Å². The number of ether oxygens (including phenoxy) is 1. The number of hydrogen-bond donors (Lipinski definition) is 0. The van der Waals surface area contributed by atoms with E-state index in [2.05, 4.69) is 4.98 Å². The van der Waals surface area contributed by atoms with Gasteiger partial charge in [-0.3, -0.25) is 0 Å². The van der Waals surface area contributed by atoms with Gasteiger partial charge in [-0.1, -0.05) is 11.6 Å². The molecule has 4 heteroatoms. The summed E-state index contributed by atoms with van der Waals surface area (Å²) in [5.41, 5.74) is 1.90. The number of rotatable bonds is 1. The molecular formula is C9H9ClN2O. The number of aromatic nitrogens is 2. The Kier molecular flexibility index (Phi) is 1.88. The number of aryl methyl sites for hydroxylation is 1. The molecule has 13 heavy (non-hydrogen) atoms. The lowest BCUT2D eigenvalue weighted by Crippen LogP contribution is -1.90. The molecule has 2 aromatic heterocycles. The molecule has 0 saturated carbocycles. The van der Waals surface area contributed by atoms with Crippen LogP contribution in [-0.2, 0) is 7.05 Å². The van der Waals surface area contributed by atoms with Crippen molar-refractivity contribution in [1.29, 1.82) is 0 Å². The van der Waals surface area contributed by atoms with E-state index in [0.717, 1.165) is 11.0 Å². The standard InChI is InChI=1S/C9H9ClN2O/c1-12-4-3-7-8(12)5-6(10)9(11-7)13-2/h3-5H,1-2H3. The smallest absolute Gasteiger partial charge is 0.233 e. The molecule has 0 bridgehead atoms. The molecule has 0 fully saturated rings. The molecule has 68 valence electrons. The van der Waals surface area contributed by atoms with Crippen molar-refractivity contribution in [3.63, 3.8) is 0 Å². The molecule has 2 heterocycles. The van der Waals surface area contributed by atoms with Crippen LogP contribution < -0.4 is 4.74 Å². The fourth-order valence-corrected chi connectivity index (χ4v) is 1.51. The molecule has 3 nitrogen and oxygen atoms in total. The van der Waals surface area contributed by atoms with Gasteiger partial charge in [0, 0.05) is 13.2 Å². The van der Waals surface area contributed by atoms with Crippen molar-refractivity contribution in [1.82, 2.24) is 9.55 Å². The first-order valence-electron chi connectivity index (χ1n) is 3.88. The molecule has 0 aromatic carbocycles. The third kappa shape index (κ3) is 1.25. The van der Waals surface area contributed by atoms with Gasteiger partial charge in [0.15, 0.2) is 0 Å². The van der Waals surface area contributed by atoms with Crippen molar-refractivity contribution in [3.05, 3.63) is 23.4 Å². The summed E-state index contributed by atoms with van der Waals surface area (Å²) >= 11 is 5.93. The van der Waals surface area contributed by atoms with Crippen molar-refractivity contribution in [2.45, 2.75) is 0 Å². The van der Waals surface area contributed by atoms with Crippen LogP contribution in [0.3, 0.4) is 0 Å². The average Bonchev–Trinajstić information content (AvgIpc) is 2.47. The average molecular weight is 197 g/mol. The van der Waals surface area contributed by atoms with Crippen LogP contribution in [0.4, 0.5) is 0 Å². The van der Waals surface area contributed by atoms with Gasteiger partial charge >= 0.3 is 0 Å². The van der Waals surface area contributed by atoms with Crippen LogP contribution in [0.15, 0.2) is 18.3 Å². The van der Waals surface area contributed by atoms with Crippen LogP contribution in [-0.4, -0.2) is 16.7 Å². The molecule has 0 amide bonds. The Labute approximate surface area is 80.9 Å². The number of methoxy groups -OCH3 is 1. The number of hydrogen-bond acceptors (Lipinski definition) is 2. The van der Waals surface area contributed by atoms with Crippen LogP contribution in [0, 0.1) is 0 Å². The fourth-order valence-electron chi connectivity index (χ4n) is 1.29. The second kappa shape index (κ2) is 2.92. The molecule has 0 saturated heterocycles. The fraction of sp³-hybridized carbons (Fsp3) is 0.222. The number of nitrogens with zero attached hydrogens (tertiary/aromatic N) is 2. The molecule has 0 aliphatic carbocycles. The highest BCUT2D eigenvalue weighted by Crippen LogP contribution is 2.26. The zero-order chi connectivity index (χ0) is 9.42. The van der Waals surface area contributed by atoms with Crippen LogP contribution >= 0.6 is 11.6 Å². The summed E-state index contributed by atoms with van der Waals surface area (Å²) in [5, 5.41) is 0.539. The predicted octanol–water partition coefficient (Wildman–Crippen LogP) is 2.24. The maximum Gasteiger partial charge on any atom is 0.233 e. The van der Waals surface area contributed by atoms with Gasteiger partial charge in [-0.15, -0.1) is 0 Å². The number of halogens is 1. The van der Waals surface area contributed by atoms with E-state index < -0.39 is 0 Å². The molecule has 0 N–H and O–H groups in total. The van der Waals surface area contributed by atoms with Crippen molar-refractivity contribution < 1.29 is 4.74 Å². The van der Waals surface area contributed by atoms with Crippen LogP contribution in [0.5, 0.6) is 5.88 Å². The molecule has 2 rings (SSSR count). The first-order chi connectivity index (χ1) is 6.22. The van der Waals surface area contributed by atoms with Gasteiger partial charge in [0.2, 0.25) is 5.88 Å². The Morgan fingerprint density at radius 2 is 2.31 bits per heavy atom. The quantitative estimate of drug-likeness (QED) is 0.700. The van der Waals surface area contributed by atoms with Crippen LogP contribution in [0.25, 0.3) is 11.0 Å². The molecule has 0 aliphatic rings. The summed E-state index contributed by atoms with van der Waals surface area (Å²) in [7, 11) is 3.51. The second-order valence-corrected chi connectivity index (χ2v) is 3.22. The Morgan fingerprint density at radius 1 is 1.54 bits per heavy atom. The minimum Gasteiger partial charge on any atom is -0.480 e. The Hall–Kier alpha value is -1.22. The Bertz CT molecular complexity index is 450. The van der Waals surface area contributed by atoms with E-state index in [-0.39, 0.29) is 0 Å². The maximum atomic E-state index is 5.93. The minimum atomic E-state index is 0.473. The second-order valence-electron chi connectivity index (χ2n) is 2.81. The van der Waals surface area contributed by atoms with Gasteiger partial charge in [-0.2, -0.15) is 0 Å². The monoisotopic (exact) mass is 196 g/mol. The van der Waals surface area contributed by atoms with E-state index >= 15 is 0 Å². The van der Waals surface area contributed by atoms with Gasteiger partial charge in [0.1, 0.15) is 5.02 Å². The van der Waals surface area contributed by atoms with E-state index in [1.807, 2.05) is 29.9 Å². The van der Waals surface area contributed by atoms with Crippen molar-refractivity contribution in [2.75, 3.05) is 7.11 Å². The summed E-state index contributed by atoms with van der Waals surface area (Å²) in [5.74, 6) is 0.473. The molecule has 0 atom stereocenters.